The van der Waals surface area contributed by atoms with E-state index in [0.29, 0.717) is 57.1 Å². The van der Waals surface area contributed by atoms with Crippen LogP contribution in [0.15, 0.2) is 35.4 Å². The summed E-state index contributed by atoms with van der Waals surface area (Å²) in [5, 5.41) is 8.37. The molecule has 0 radical (unpaired) electrons. The Kier molecular flexibility index (Phi) is 7.41. The molecule has 6 rings (SSSR count). The molecule has 0 aliphatic carbocycles. The van der Waals surface area contributed by atoms with Crippen LogP contribution in [0.5, 0.6) is 0 Å². The van der Waals surface area contributed by atoms with Crippen molar-refractivity contribution in [3.63, 3.8) is 0 Å². The number of anilines is 3. The highest BCUT2D eigenvalue weighted by Crippen LogP contribution is 2.30. The van der Waals surface area contributed by atoms with Gasteiger partial charge in [0.1, 0.15) is 0 Å². The number of halogens is 3. The number of fused-ring (bicyclic) bond motifs is 1. The van der Waals surface area contributed by atoms with Gasteiger partial charge in [-0.1, -0.05) is 0 Å². The highest BCUT2D eigenvalue weighted by molar-refractivity contribution is 5.94. The number of alkyl halides is 3. The minimum Gasteiger partial charge on any atom is -0.374 e. The minimum absolute atomic E-state index is 0.0551. The van der Waals surface area contributed by atoms with Crippen LogP contribution < -0.4 is 20.3 Å². The molecule has 218 valence electrons. The largest absolute Gasteiger partial charge is 0.419 e. The number of carbonyl (C=O) groups excluding carboxylic acids is 1. The number of benzene rings is 1. The molecule has 41 heavy (non-hydrogen) atoms. The van der Waals surface area contributed by atoms with Gasteiger partial charge in [0.15, 0.2) is 5.82 Å². The molecule has 0 spiro atoms. The maximum Gasteiger partial charge on any atom is 0.419 e. The molecule has 14 heteroatoms. The summed E-state index contributed by atoms with van der Waals surface area (Å²) < 4.78 is 44.4. The zero-order valence-corrected chi connectivity index (χ0v) is 22.4. The van der Waals surface area contributed by atoms with Gasteiger partial charge < -0.3 is 24.3 Å². The van der Waals surface area contributed by atoms with Crippen LogP contribution in [-0.4, -0.2) is 96.0 Å². The average Bonchev–Trinajstić information content (AvgIpc) is 3.52. The van der Waals surface area contributed by atoms with Crippen molar-refractivity contribution in [2.45, 2.75) is 31.5 Å². The van der Waals surface area contributed by atoms with E-state index < -0.39 is 11.7 Å². The van der Waals surface area contributed by atoms with Crippen LogP contribution in [0.1, 0.15) is 24.8 Å². The van der Waals surface area contributed by atoms with E-state index in [1.807, 2.05) is 18.2 Å². The molecule has 0 saturated carbocycles. The number of aromatic nitrogens is 4. The number of amides is 1. The highest BCUT2D eigenvalue weighted by atomic mass is 19.4. The van der Waals surface area contributed by atoms with E-state index in [2.05, 4.69) is 30.0 Å². The maximum absolute atomic E-state index is 13.1. The molecule has 3 saturated heterocycles. The second-order valence-electron chi connectivity index (χ2n) is 10.6. The van der Waals surface area contributed by atoms with E-state index >= 15 is 0 Å². The van der Waals surface area contributed by atoms with Crippen LogP contribution in [0.2, 0.25) is 0 Å². The molecule has 1 N–H and O–H groups in total. The maximum atomic E-state index is 13.1. The fraction of sp³-hybridized carbons (Fsp3) is 0.519. The van der Waals surface area contributed by atoms with Crippen molar-refractivity contribution in [3.8, 4) is 0 Å². The second-order valence-corrected chi connectivity index (χ2v) is 10.6. The van der Waals surface area contributed by atoms with Gasteiger partial charge in [-0.2, -0.15) is 18.3 Å². The number of rotatable bonds is 5. The van der Waals surface area contributed by atoms with Crippen LogP contribution in [0, 0.1) is 0 Å². The van der Waals surface area contributed by atoms with E-state index in [-0.39, 0.29) is 29.9 Å². The number of ether oxygens (including phenoxy) is 1. The lowest BCUT2D eigenvalue weighted by molar-refractivity contribution is -0.138. The highest BCUT2D eigenvalue weighted by Gasteiger charge is 2.32. The van der Waals surface area contributed by atoms with Crippen LogP contribution >= 0.6 is 0 Å². The van der Waals surface area contributed by atoms with E-state index in [1.165, 1.54) is 0 Å². The zero-order chi connectivity index (χ0) is 28.6. The molecule has 0 unspecified atom stereocenters. The molecule has 0 bridgehead atoms. The Morgan fingerprint density at radius 3 is 2.39 bits per heavy atom. The molecular formula is C27H31F3N8O3. The summed E-state index contributed by atoms with van der Waals surface area (Å²) in [5.74, 6) is 0.830. The summed E-state index contributed by atoms with van der Waals surface area (Å²) in [6, 6.07) is 5.87. The molecular weight excluding hydrogens is 541 g/mol. The van der Waals surface area contributed by atoms with E-state index in [4.69, 9.17) is 4.74 Å². The first-order chi connectivity index (χ1) is 19.8. The molecule has 5 heterocycles. The molecule has 3 aromatic rings. The van der Waals surface area contributed by atoms with Crippen molar-refractivity contribution >= 4 is 34.1 Å². The summed E-state index contributed by atoms with van der Waals surface area (Å²) in [4.78, 5) is 41.3. The lowest BCUT2D eigenvalue weighted by Crippen LogP contribution is -2.51. The van der Waals surface area contributed by atoms with E-state index in [0.717, 1.165) is 49.4 Å². The normalized spacial score (nSPS) is 20.2. The Balaban J connectivity index is 1.09. The van der Waals surface area contributed by atoms with Crippen LogP contribution in [-0.2, 0) is 15.7 Å². The van der Waals surface area contributed by atoms with Crippen LogP contribution in [0.4, 0.5) is 30.6 Å². The zero-order valence-electron chi connectivity index (χ0n) is 22.4. The van der Waals surface area contributed by atoms with Gasteiger partial charge in [0.2, 0.25) is 11.9 Å². The number of nitrogens with zero attached hydrogens (tertiary/aromatic N) is 7. The van der Waals surface area contributed by atoms with Crippen molar-refractivity contribution < 1.29 is 22.7 Å². The molecule has 1 aromatic carbocycles. The quantitative estimate of drug-likeness (QED) is 0.492. The smallest absolute Gasteiger partial charge is 0.374 e. The Labute approximate surface area is 233 Å². The molecule has 3 aliphatic heterocycles. The number of hydrogen-bond acceptors (Lipinski definition) is 9. The van der Waals surface area contributed by atoms with Gasteiger partial charge in [0.05, 0.1) is 30.1 Å². The van der Waals surface area contributed by atoms with E-state index in [9.17, 15) is 22.8 Å². The number of morpholine rings is 1. The standard InChI is InChI=1S/C27H31F3N8O3/c28-27(29,30)18-15-31-26(32-16-18)37-9-7-36(8-10-37)23(39)14-20-17-38(11-12-41-20)24-22-13-19(35-5-1-2-6-35)3-4-21(22)25(40)34-33-24/h3-4,13,15-16,20H,1-2,5-12,14,17H2,(H,34,40)/t20-/m1/s1. The summed E-state index contributed by atoms with van der Waals surface area (Å²) >= 11 is 0. The van der Waals surface area contributed by atoms with Crippen molar-refractivity contribution in [1.29, 1.82) is 0 Å². The predicted molar refractivity (Wildman–Crippen MR) is 146 cm³/mol. The molecule has 2 aromatic heterocycles. The first kappa shape index (κ1) is 27.2. The minimum atomic E-state index is -4.49. The van der Waals surface area contributed by atoms with Gasteiger partial charge >= 0.3 is 6.18 Å². The van der Waals surface area contributed by atoms with Gasteiger partial charge in [0, 0.05) is 75.8 Å². The van der Waals surface area contributed by atoms with Gasteiger partial charge in [-0.25, -0.2) is 15.1 Å². The molecule has 1 atom stereocenters. The monoisotopic (exact) mass is 572 g/mol. The van der Waals surface area contributed by atoms with Gasteiger partial charge in [-0.15, -0.1) is 0 Å². The second kappa shape index (κ2) is 11.1. The molecule has 3 aliphatic rings. The predicted octanol–water partition coefficient (Wildman–Crippen LogP) is 2.28. The van der Waals surface area contributed by atoms with Crippen LogP contribution in [0.25, 0.3) is 10.8 Å². The van der Waals surface area contributed by atoms with Gasteiger partial charge in [-0.05, 0) is 31.0 Å². The topological polar surface area (TPSA) is 111 Å². The molecule has 3 fully saturated rings. The van der Waals surface area contributed by atoms with Gasteiger partial charge in [-0.3, -0.25) is 9.59 Å². The van der Waals surface area contributed by atoms with Crippen molar-refractivity contribution in [2.24, 2.45) is 0 Å². The van der Waals surface area contributed by atoms with Crippen molar-refractivity contribution in [3.05, 3.63) is 46.5 Å². The Morgan fingerprint density at radius 1 is 0.951 bits per heavy atom. The number of carbonyl (C=O) groups is 1. The third kappa shape index (κ3) is 5.78. The first-order valence-electron chi connectivity index (χ1n) is 13.8. The van der Waals surface area contributed by atoms with E-state index in [1.54, 1.807) is 9.80 Å². The number of H-pyrrole nitrogens is 1. The number of piperazine rings is 1. The van der Waals surface area contributed by atoms with Crippen molar-refractivity contribution in [1.82, 2.24) is 25.1 Å². The van der Waals surface area contributed by atoms with Crippen molar-refractivity contribution in [2.75, 3.05) is 73.7 Å². The number of nitrogens with one attached hydrogen (secondary N) is 1. The summed E-state index contributed by atoms with van der Waals surface area (Å²) in [7, 11) is 0. The third-order valence-corrected chi connectivity index (χ3v) is 7.94. The molecule has 1 amide bonds. The van der Waals surface area contributed by atoms with Crippen LogP contribution in [0.3, 0.4) is 0 Å². The fourth-order valence-corrected chi connectivity index (χ4v) is 5.70. The SMILES string of the molecule is O=C(C[C@@H]1CN(c2n[nH]c(=O)c3ccc(N4CCCC4)cc23)CCO1)N1CCN(c2ncc(C(F)(F)F)cn2)CC1. The lowest BCUT2D eigenvalue weighted by Gasteiger charge is -2.37. The lowest BCUT2D eigenvalue weighted by atomic mass is 10.1. The Bertz CT molecular complexity index is 1450. The summed E-state index contributed by atoms with van der Waals surface area (Å²) in [6.07, 6.45) is -0.797. The average molecular weight is 573 g/mol. The number of hydrogen-bond donors (Lipinski definition) is 1. The number of aromatic amines is 1. The molecule has 11 nitrogen and oxygen atoms in total. The Hall–Kier alpha value is -3.94. The summed E-state index contributed by atoms with van der Waals surface area (Å²) in [6.45, 7) is 5.09. The Morgan fingerprint density at radius 2 is 1.68 bits per heavy atom. The summed E-state index contributed by atoms with van der Waals surface area (Å²) in [5.41, 5.74) is -0.0595. The fourth-order valence-electron chi connectivity index (χ4n) is 5.70. The third-order valence-electron chi connectivity index (χ3n) is 7.94. The van der Waals surface area contributed by atoms with Gasteiger partial charge in [0.25, 0.3) is 5.56 Å². The first-order valence-corrected chi connectivity index (χ1v) is 13.8.